The number of rotatable bonds is 8. The molecular weight excluding hydrogens is 452 g/mol. The average Bonchev–Trinajstić information content (AvgIpc) is 2.96. The number of nitrogens with one attached hydrogen (secondary N) is 1. The second-order valence-electron chi connectivity index (χ2n) is 10.2. The van der Waals surface area contributed by atoms with Crippen molar-refractivity contribution in [3.8, 4) is 0 Å². The number of benzene rings is 4. The highest BCUT2D eigenvalue weighted by Crippen LogP contribution is 2.35. The van der Waals surface area contributed by atoms with E-state index in [9.17, 15) is 4.79 Å². The van der Waals surface area contributed by atoms with Crippen LogP contribution in [0.1, 0.15) is 56.2 Å². The highest BCUT2D eigenvalue weighted by Gasteiger charge is 2.31. The number of pyridine rings is 1. The van der Waals surface area contributed by atoms with E-state index in [1.54, 1.807) is 6.20 Å². The summed E-state index contributed by atoms with van der Waals surface area (Å²) in [5, 5.41) is 6.84. The normalized spacial score (nSPS) is 13.8. The van der Waals surface area contributed by atoms with E-state index in [0.717, 1.165) is 35.9 Å². The fraction of sp³-hybridized carbons (Fsp3) is 0.235. The smallest absolute Gasteiger partial charge is 0.230 e. The molecule has 3 heteroatoms. The highest BCUT2D eigenvalue weighted by molar-refractivity contribution is 6.03. The number of amides is 1. The maximum atomic E-state index is 13.7. The predicted molar refractivity (Wildman–Crippen MR) is 155 cm³/mol. The highest BCUT2D eigenvalue weighted by atomic mass is 16.2. The summed E-state index contributed by atoms with van der Waals surface area (Å²) in [5.41, 5.74) is 4.88. The third-order valence-corrected chi connectivity index (χ3v) is 7.97. The Labute approximate surface area is 219 Å². The molecule has 3 nitrogen and oxygen atoms in total. The third-order valence-electron chi connectivity index (χ3n) is 7.97. The molecule has 0 fully saturated rings. The van der Waals surface area contributed by atoms with Crippen molar-refractivity contribution in [3.63, 3.8) is 0 Å². The number of carbonyl (C=O) groups excluding carboxylic acids is 1. The summed E-state index contributed by atoms with van der Waals surface area (Å²) < 4.78 is 0. The van der Waals surface area contributed by atoms with Crippen LogP contribution in [0.15, 0.2) is 103 Å². The number of carbonyl (C=O) groups is 1. The number of anilines is 1. The van der Waals surface area contributed by atoms with Crippen molar-refractivity contribution in [2.45, 2.75) is 46.0 Å². The Bertz CT molecular complexity index is 1540. The van der Waals surface area contributed by atoms with Gasteiger partial charge in [-0.25, -0.2) is 0 Å². The van der Waals surface area contributed by atoms with Gasteiger partial charge in [-0.15, -0.1) is 0 Å². The zero-order valence-corrected chi connectivity index (χ0v) is 21.9. The average molecular weight is 487 g/mol. The van der Waals surface area contributed by atoms with Crippen molar-refractivity contribution < 1.29 is 4.79 Å². The molecule has 0 aliphatic carbocycles. The lowest BCUT2D eigenvalue weighted by Crippen LogP contribution is -2.33. The van der Waals surface area contributed by atoms with Crippen LogP contribution in [0, 0.1) is 5.41 Å². The first-order valence-electron chi connectivity index (χ1n) is 13.2. The summed E-state index contributed by atoms with van der Waals surface area (Å²) in [6.45, 7) is 6.40. The van der Waals surface area contributed by atoms with Crippen molar-refractivity contribution in [1.82, 2.24) is 4.98 Å². The van der Waals surface area contributed by atoms with Gasteiger partial charge in [0.1, 0.15) is 0 Å². The molecule has 186 valence electrons. The van der Waals surface area contributed by atoms with E-state index in [-0.39, 0.29) is 11.8 Å². The zero-order chi connectivity index (χ0) is 25.8. The molecule has 1 amide bonds. The van der Waals surface area contributed by atoms with Crippen LogP contribution in [0.3, 0.4) is 0 Å². The molecular formula is C34H34N2O. The maximum absolute atomic E-state index is 13.7. The Morgan fingerprint density at radius 1 is 0.865 bits per heavy atom. The summed E-state index contributed by atoms with van der Waals surface area (Å²) in [6, 6.07) is 33.6. The molecule has 0 radical (unpaired) electrons. The van der Waals surface area contributed by atoms with E-state index < -0.39 is 5.41 Å². The van der Waals surface area contributed by atoms with Crippen LogP contribution in [-0.2, 0) is 11.2 Å². The molecule has 1 aromatic heterocycles. The number of hydrogen-bond donors (Lipinski definition) is 1. The number of aryl methyl sites for hydroxylation is 1. The molecule has 2 unspecified atom stereocenters. The van der Waals surface area contributed by atoms with Gasteiger partial charge in [-0.2, -0.15) is 0 Å². The monoisotopic (exact) mass is 486 g/mol. The van der Waals surface area contributed by atoms with E-state index >= 15 is 0 Å². The SMILES string of the molecule is CCC(C)(CCc1cccc2ccccc12)C(=O)Nc1ccc(C(C)c2ccccc2)c2cccnc12. The summed E-state index contributed by atoms with van der Waals surface area (Å²) in [5.74, 6) is 0.269. The summed E-state index contributed by atoms with van der Waals surface area (Å²) in [6.07, 6.45) is 4.19. The van der Waals surface area contributed by atoms with E-state index in [0.29, 0.717) is 0 Å². The maximum Gasteiger partial charge on any atom is 0.230 e. The van der Waals surface area contributed by atoms with Crippen molar-refractivity contribution in [3.05, 3.63) is 120 Å². The molecule has 0 aliphatic heterocycles. The Morgan fingerprint density at radius 2 is 1.59 bits per heavy atom. The van der Waals surface area contributed by atoms with Gasteiger partial charge in [0.15, 0.2) is 0 Å². The van der Waals surface area contributed by atoms with Gasteiger partial charge in [-0.3, -0.25) is 9.78 Å². The van der Waals surface area contributed by atoms with Crippen molar-refractivity contribution in [2.75, 3.05) is 5.32 Å². The van der Waals surface area contributed by atoms with Gasteiger partial charge in [0.05, 0.1) is 11.2 Å². The van der Waals surface area contributed by atoms with Crippen LogP contribution in [0.5, 0.6) is 0 Å². The number of aromatic nitrogens is 1. The third kappa shape index (κ3) is 4.99. The summed E-state index contributed by atoms with van der Waals surface area (Å²) >= 11 is 0. The number of fused-ring (bicyclic) bond motifs is 2. The van der Waals surface area contributed by atoms with Gasteiger partial charge >= 0.3 is 0 Å². The minimum atomic E-state index is -0.492. The van der Waals surface area contributed by atoms with E-state index in [1.807, 2.05) is 18.2 Å². The lowest BCUT2D eigenvalue weighted by molar-refractivity contribution is -0.125. The fourth-order valence-corrected chi connectivity index (χ4v) is 5.24. The van der Waals surface area contributed by atoms with Gasteiger partial charge in [-0.1, -0.05) is 106 Å². The minimum Gasteiger partial charge on any atom is -0.324 e. The van der Waals surface area contributed by atoms with Gasteiger partial charge in [0.25, 0.3) is 0 Å². The van der Waals surface area contributed by atoms with E-state index in [1.165, 1.54) is 27.5 Å². The molecule has 0 saturated carbocycles. The van der Waals surface area contributed by atoms with Crippen LogP contribution in [0.2, 0.25) is 0 Å². The van der Waals surface area contributed by atoms with Crippen molar-refractivity contribution >= 4 is 33.3 Å². The molecule has 2 atom stereocenters. The Balaban J connectivity index is 1.40. The molecule has 0 aliphatic rings. The second kappa shape index (κ2) is 10.6. The predicted octanol–water partition coefficient (Wildman–Crippen LogP) is 8.53. The first-order chi connectivity index (χ1) is 18.0. The summed E-state index contributed by atoms with van der Waals surface area (Å²) in [7, 11) is 0. The van der Waals surface area contributed by atoms with Crippen molar-refractivity contribution in [1.29, 1.82) is 0 Å². The molecule has 0 bridgehead atoms. The quantitative estimate of drug-likeness (QED) is 0.239. The minimum absolute atomic E-state index is 0.0473. The molecule has 5 aromatic rings. The largest absolute Gasteiger partial charge is 0.324 e. The van der Waals surface area contributed by atoms with Crippen LogP contribution < -0.4 is 5.32 Å². The fourth-order valence-electron chi connectivity index (χ4n) is 5.24. The van der Waals surface area contributed by atoms with Crippen LogP contribution in [0.4, 0.5) is 5.69 Å². The van der Waals surface area contributed by atoms with Gasteiger partial charge in [0, 0.05) is 22.9 Å². The van der Waals surface area contributed by atoms with Crippen molar-refractivity contribution in [2.24, 2.45) is 5.41 Å². The lowest BCUT2D eigenvalue weighted by atomic mass is 9.80. The van der Waals surface area contributed by atoms with E-state index in [2.05, 4.69) is 105 Å². The molecule has 4 aromatic carbocycles. The molecule has 5 rings (SSSR count). The van der Waals surface area contributed by atoms with Gasteiger partial charge < -0.3 is 5.32 Å². The Kier molecular flexibility index (Phi) is 7.05. The summed E-state index contributed by atoms with van der Waals surface area (Å²) in [4.78, 5) is 18.4. The molecule has 0 spiro atoms. The Hall–Kier alpha value is -3.98. The first kappa shape index (κ1) is 24.7. The molecule has 37 heavy (non-hydrogen) atoms. The van der Waals surface area contributed by atoms with Crippen LogP contribution in [0.25, 0.3) is 21.7 Å². The molecule has 1 heterocycles. The second-order valence-corrected chi connectivity index (χ2v) is 10.2. The molecule has 0 saturated heterocycles. The topological polar surface area (TPSA) is 42.0 Å². The standard InChI is InChI=1S/C34H34N2O/c1-4-34(3,22-21-27-16-10-15-26-14-8-9-17-29(26)27)33(37)36-31-20-19-28(30-18-11-23-35-32(30)31)24(2)25-12-6-5-7-13-25/h5-20,23-24H,4,21-22H2,1-3H3,(H,36,37). The van der Waals surface area contributed by atoms with Crippen LogP contribution in [-0.4, -0.2) is 10.9 Å². The van der Waals surface area contributed by atoms with Crippen LogP contribution >= 0.6 is 0 Å². The first-order valence-corrected chi connectivity index (χ1v) is 13.2. The van der Waals surface area contributed by atoms with Gasteiger partial charge in [0.2, 0.25) is 5.91 Å². The number of hydrogen-bond acceptors (Lipinski definition) is 2. The van der Waals surface area contributed by atoms with Gasteiger partial charge in [-0.05, 0) is 58.9 Å². The zero-order valence-electron chi connectivity index (χ0n) is 21.9. The number of nitrogens with zero attached hydrogens (tertiary/aromatic N) is 1. The Morgan fingerprint density at radius 3 is 2.41 bits per heavy atom. The van der Waals surface area contributed by atoms with E-state index in [4.69, 9.17) is 4.98 Å². The lowest BCUT2D eigenvalue weighted by Gasteiger charge is -2.28. The molecule has 1 N–H and O–H groups in total.